The second-order valence-electron chi connectivity index (χ2n) is 2.84. The van der Waals surface area contributed by atoms with Crippen LogP contribution < -0.4 is 4.74 Å². The minimum atomic E-state index is -2.89. The average Bonchev–Trinajstić information content (AvgIpc) is 2.55. The fourth-order valence-electron chi connectivity index (χ4n) is 1.21. The molecular weight excluding hydrogens is 244 g/mol. The predicted octanol–water partition coefficient (Wildman–Crippen LogP) is 0.763. The second-order valence-corrected chi connectivity index (χ2v) is 2.84. The highest BCUT2D eigenvalue weighted by atomic mass is 19.3. The molecule has 8 nitrogen and oxygen atoms in total. The maximum Gasteiger partial charge on any atom is 0.364 e. The third-order valence-corrected chi connectivity index (χ3v) is 1.79. The van der Waals surface area contributed by atoms with E-state index in [2.05, 4.69) is 9.84 Å². The number of nitrogens with zero attached hydrogens (tertiary/aromatic N) is 3. The third-order valence-electron chi connectivity index (χ3n) is 1.79. The van der Waals surface area contributed by atoms with Crippen LogP contribution in [-0.4, -0.2) is 39.3 Å². The van der Waals surface area contributed by atoms with Crippen LogP contribution in [0.4, 0.5) is 14.5 Å². The van der Waals surface area contributed by atoms with E-state index in [0.717, 1.165) is 7.11 Å². The van der Waals surface area contributed by atoms with Crippen molar-refractivity contribution >= 4 is 11.7 Å². The first-order valence-electron chi connectivity index (χ1n) is 4.19. The predicted molar refractivity (Wildman–Crippen MR) is 48.4 cm³/mol. The van der Waals surface area contributed by atoms with E-state index >= 15 is 0 Å². The molecule has 1 aromatic heterocycles. The Labute approximate surface area is 92.6 Å². The van der Waals surface area contributed by atoms with Gasteiger partial charge in [0.1, 0.15) is 6.54 Å². The Morgan fingerprint density at radius 1 is 1.71 bits per heavy atom. The molecule has 0 aliphatic rings. The highest BCUT2D eigenvalue weighted by molar-refractivity contribution is 5.91. The molecule has 0 saturated heterocycles. The molecule has 0 atom stereocenters. The Balaban J connectivity index is 3.40. The van der Waals surface area contributed by atoms with Crippen LogP contribution in [0.5, 0.6) is 5.88 Å². The number of aromatic carboxylic acids is 1. The van der Waals surface area contributed by atoms with Gasteiger partial charge in [0.25, 0.3) is 6.43 Å². The van der Waals surface area contributed by atoms with E-state index in [1.807, 2.05) is 0 Å². The van der Waals surface area contributed by atoms with Gasteiger partial charge in [-0.15, -0.1) is 5.10 Å². The summed E-state index contributed by atoms with van der Waals surface area (Å²) >= 11 is 0. The molecule has 0 aromatic carbocycles. The van der Waals surface area contributed by atoms with Crippen LogP contribution in [0.2, 0.25) is 0 Å². The summed E-state index contributed by atoms with van der Waals surface area (Å²) in [6, 6.07) is 0. The summed E-state index contributed by atoms with van der Waals surface area (Å²) in [6.45, 7) is -1.06. The standard InChI is InChI=1S/C7H7F2N3O5/c1-17-6-4(12(15)16)5(7(13)14)11(10-6)2-3(8)9/h3H,2H2,1H3,(H,13,14). The van der Waals surface area contributed by atoms with E-state index in [1.165, 1.54) is 0 Å². The van der Waals surface area contributed by atoms with E-state index < -0.39 is 41.1 Å². The molecule has 0 aliphatic heterocycles. The quantitative estimate of drug-likeness (QED) is 0.611. The molecular formula is C7H7F2N3O5. The van der Waals surface area contributed by atoms with Crippen LogP contribution in [0, 0.1) is 10.1 Å². The monoisotopic (exact) mass is 251 g/mol. The number of methoxy groups -OCH3 is 1. The number of halogens is 2. The van der Waals surface area contributed by atoms with Crippen molar-refractivity contribution in [3.05, 3.63) is 15.8 Å². The number of carboxylic acid groups (broad SMARTS) is 1. The molecule has 0 bridgehead atoms. The fourth-order valence-corrected chi connectivity index (χ4v) is 1.21. The van der Waals surface area contributed by atoms with E-state index in [1.54, 1.807) is 0 Å². The van der Waals surface area contributed by atoms with Crippen LogP contribution in [-0.2, 0) is 6.54 Å². The van der Waals surface area contributed by atoms with Gasteiger partial charge in [0.15, 0.2) is 0 Å². The van der Waals surface area contributed by atoms with Crippen molar-refractivity contribution in [2.75, 3.05) is 7.11 Å². The topological polar surface area (TPSA) is 107 Å². The number of rotatable bonds is 5. The minimum Gasteiger partial charge on any atom is -0.476 e. The number of hydrogen-bond acceptors (Lipinski definition) is 5. The lowest BCUT2D eigenvalue weighted by molar-refractivity contribution is -0.386. The second kappa shape index (κ2) is 4.72. The Hall–Kier alpha value is -2.26. The first-order chi connectivity index (χ1) is 7.88. The maximum absolute atomic E-state index is 12.1. The summed E-state index contributed by atoms with van der Waals surface area (Å²) in [6.07, 6.45) is -2.89. The summed E-state index contributed by atoms with van der Waals surface area (Å²) in [4.78, 5) is 20.4. The lowest BCUT2D eigenvalue weighted by atomic mass is 10.3. The maximum atomic E-state index is 12.1. The van der Waals surface area contributed by atoms with Gasteiger partial charge in [-0.25, -0.2) is 18.3 Å². The molecule has 1 aromatic rings. The van der Waals surface area contributed by atoms with Crippen LogP contribution in [0.3, 0.4) is 0 Å². The minimum absolute atomic E-state index is 0.337. The molecule has 0 amide bonds. The zero-order chi connectivity index (χ0) is 13.2. The molecule has 0 spiro atoms. The Kier molecular flexibility index (Phi) is 3.55. The van der Waals surface area contributed by atoms with Gasteiger partial charge in [-0.3, -0.25) is 10.1 Å². The molecule has 0 fully saturated rings. The highest BCUT2D eigenvalue weighted by Gasteiger charge is 2.34. The zero-order valence-electron chi connectivity index (χ0n) is 8.46. The van der Waals surface area contributed by atoms with Gasteiger partial charge in [-0.2, -0.15) is 0 Å². The summed E-state index contributed by atoms with van der Waals surface area (Å²) in [5.41, 5.74) is -1.88. The van der Waals surface area contributed by atoms with Crippen LogP contribution in [0.1, 0.15) is 10.5 Å². The smallest absolute Gasteiger partial charge is 0.364 e. The lowest BCUT2D eigenvalue weighted by Crippen LogP contribution is -2.15. The Morgan fingerprint density at radius 3 is 2.65 bits per heavy atom. The van der Waals surface area contributed by atoms with Crippen molar-refractivity contribution in [2.45, 2.75) is 13.0 Å². The van der Waals surface area contributed by atoms with Crippen LogP contribution in [0.15, 0.2) is 0 Å². The average molecular weight is 251 g/mol. The van der Waals surface area contributed by atoms with Gasteiger partial charge in [0.2, 0.25) is 5.69 Å². The number of ether oxygens (including phenoxy) is 1. The molecule has 0 saturated carbocycles. The number of hydrogen-bond donors (Lipinski definition) is 1. The van der Waals surface area contributed by atoms with Crippen LogP contribution >= 0.6 is 0 Å². The van der Waals surface area contributed by atoms with Gasteiger partial charge >= 0.3 is 17.5 Å². The lowest BCUT2D eigenvalue weighted by Gasteiger charge is -2.01. The van der Waals surface area contributed by atoms with Gasteiger partial charge in [-0.05, 0) is 0 Å². The number of alkyl halides is 2. The molecule has 0 aliphatic carbocycles. The van der Waals surface area contributed by atoms with Crippen molar-refractivity contribution in [1.82, 2.24) is 9.78 Å². The summed E-state index contributed by atoms with van der Waals surface area (Å²) < 4.78 is 29.1. The molecule has 0 radical (unpaired) electrons. The fraction of sp³-hybridized carbons (Fsp3) is 0.429. The number of carbonyl (C=O) groups is 1. The van der Waals surface area contributed by atoms with Crippen molar-refractivity contribution in [3.63, 3.8) is 0 Å². The molecule has 94 valence electrons. The van der Waals surface area contributed by atoms with E-state index in [-0.39, 0.29) is 0 Å². The summed E-state index contributed by atoms with van der Waals surface area (Å²) in [5.74, 6) is -2.35. The Morgan fingerprint density at radius 2 is 2.29 bits per heavy atom. The number of carboxylic acids is 1. The zero-order valence-corrected chi connectivity index (χ0v) is 8.46. The molecule has 1 rings (SSSR count). The third kappa shape index (κ3) is 2.46. The molecule has 17 heavy (non-hydrogen) atoms. The van der Waals surface area contributed by atoms with Gasteiger partial charge in [0, 0.05) is 0 Å². The SMILES string of the molecule is COc1nn(CC(F)F)c(C(=O)O)c1[N+](=O)[O-]. The van der Waals surface area contributed by atoms with E-state index in [0.29, 0.717) is 4.68 Å². The van der Waals surface area contributed by atoms with Crippen molar-refractivity contribution in [3.8, 4) is 5.88 Å². The van der Waals surface area contributed by atoms with Crippen molar-refractivity contribution in [1.29, 1.82) is 0 Å². The van der Waals surface area contributed by atoms with Crippen molar-refractivity contribution in [2.24, 2.45) is 0 Å². The largest absolute Gasteiger partial charge is 0.476 e. The highest BCUT2D eigenvalue weighted by Crippen LogP contribution is 2.30. The van der Waals surface area contributed by atoms with Gasteiger partial charge < -0.3 is 9.84 Å². The van der Waals surface area contributed by atoms with Crippen molar-refractivity contribution < 1.29 is 28.3 Å². The summed E-state index contributed by atoms with van der Waals surface area (Å²) in [5, 5.41) is 22.7. The normalized spacial score (nSPS) is 10.6. The van der Waals surface area contributed by atoms with Crippen LogP contribution in [0.25, 0.3) is 0 Å². The molecule has 10 heteroatoms. The van der Waals surface area contributed by atoms with E-state index in [4.69, 9.17) is 5.11 Å². The first kappa shape index (κ1) is 12.8. The summed E-state index contributed by atoms with van der Waals surface area (Å²) in [7, 11) is 1.02. The Bertz CT molecular complexity index is 459. The number of nitro groups is 1. The van der Waals surface area contributed by atoms with E-state index in [9.17, 15) is 23.7 Å². The van der Waals surface area contributed by atoms with Gasteiger partial charge in [0.05, 0.1) is 12.0 Å². The number of aromatic nitrogens is 2. The molecule has 1 heterocycles. The molecule has 1 N–H and O–H groups in total. The molecule has 0 unspecified atom stereocenters. The van der Waals surface area contributed by atoms with Gasteiger partial charge in [-0.1, -0.05) is 0 Å². The first-order valence-corrected chi connectivity index (χ1v) is 4.19.